The Kier molecular flexibility index (Phi) is 3.97. The molecule has 0 saturated carbocycles. The van der Waals surface area contributed by atoms with E-state index in [1.54, 1.807) is 11.7 Å². The van der Waals surface area contributed by atoms with Crippen molar-refractivity contribution >= 4 is 17.2 Å². The Morgan fingerprint density at radius 2 is 2.05 bits per heavy atom. The first kappa shape index (κ1) is 15.0. The summed E-state index contributed by atoms with van der Waals surface area (Å²) in [6, 6.07) is 0. The highest BCUT2D eigenvalue weighted by Gasteiger charge is 2.29. The van der Waals surface area contributed by atoms with Gasteiger partial charge in [0, 0.05) is 26.2 Å². The van der Waals surface area contributed by atoms with Gasteiger partial charge in [-0.15, -0.1) is 0 Å². The molecule has 2 aromatic rings. The Hall–Kier alpha value is -2.38. The topological polar surface area (TPSA) is 90.8 Å². The average molecular weight is 292 g/mol. The van der Waals surface area contributed by atoms with Crippen molar-refractivity contribution < 1.29 is 4.92 Å². The molecule has 0 radical (unpaired) electrons. The molecule has 114 valence electrons. The molecule has 0 aromatic carbocycles. The molecule has 2 aromatic heterocycles. The fourth-order valence-electron chi connectivity index (χ4n) is 2.27. The Bertz CT molecular complexity index is 670. The molecule has 0 aliphatic rings. The summed E-state index contributed by atoms with van der Waals surface area (Å²) in [4.78, 5) is 11.0. The van der Waals surface area contributed by atoms with Crippen LogP contribution in [0, 0.1) is 10.1 Å². The smallest absolute Gasteiger partial charge is 0.332 e. The summed E-state index contributed by atoms with van der Waals surface area (Å²) in [6.45, 7) is 5.77. The van der Waals surface area contributed by atoms with Gasteiger partial charge in [0.05, 0.1) is 16.3 Å². The van der Waals surface area contributed by atoms with Crippen molar-refractivity contribution in [3.63, 3.8) is 0 Å². The van der Waals surface area contributed by atoms with Gasteiger partial charge in [0.1, 0.15) is 5.69 Å². The molecule has 0 atom stereocenters. The van der Waals surface area contributed by atoms with Gasteiger partial charge in [0.25, 0.3) is 0 Å². The zero-order chi connectivity index (χ0) is 15.7. The average Bonchev–Trinajstić information content (AvgIpc) is 2.91. The maximum absolute atomic E-state index is 11.4. The van der Waals surface area contributed by atoms with Crippen LogP contribution in [0.2, 0.25) is 0 Å². The van der Waals surface area contributed by atoms with E-state index < -0.39 is 0 Å². The van der Waals surface area contributed by atoms with Crippen LogP contribution in [0.5, 0.6) is 0 Å². The molecule has 8 heteroatoms. The van der Waals surface area contributed by atoms with E-state index in [0.717, 1.165) is 17.8 Å². The lowest BCUT2D eigenvalue weighted by Crippen LogP contribution is -2.02. The number of nitro groups is 1. The number of rotatable bonds is 5. The second-order valence-electron chi connectivity index (χ2n) is 5.26. The van der Waals surface area contributed by atoms with Gasteiger partial charge < -0.3 is 5.32 Å². The molecule has 21 heavy (non-hydrogen) atoms. The predicted octanol–water partition coefficient (Wildman–Crippen LogP) is 2.49. The van der Waals surface area contributed by atoms with Gasteiger partial charge in [0.15, 0.2) is 0 Å². The van der Waals surface area contributed by atoms with Crippen molar-refractivity contribution in [2.24, 2.45) is 14.1 Å². The number of aromatic nitrogens is 4. The predicted molar refractivity (Wildman–Crippen MR) is 79.8 cm³/mol. The fraction of sp³-hybridized carbons (Fsp3) is 0.538. The van der Waals surface area contributed by atoms with Gasteiger partial charge in [-0.25, -0.2) is 4.68 Å². The molecule has 0 aliphatic heterocycles. The first-order chi connectivity index (χ1) is 9.85. The maximum Gasteiger partial charge on any atom is 0.334 e. The SMILES string of the molecule is CCc1nn(C)cc1Nc1c([N+](=O)[O-])c(C(C)C)nn1C. The summed E-state index contributed by atoms with van der Waals surface area (Å²) >= 11 is 0. The lowest BCUT2D eigenvalue weighted by Gasteiger charge is -2.05. The van der Waals surface area contributed by atoms with E-state index in [-0.39, 0.29) is 16.5 Å². The summed E-state index contributed by atoms with van der Waals surface area (Å²) in [7, 11) is 3.52. The molecule has 0 amide bonds. The first-order valence-corrected chi connectivity index (χ1v) is 6.85. The van der Waals surface area contributed by atoms with Crippen molar-refractivity contribution in [1.82, 2.24) is 19.6 Å². The van der Waals surface area contributed by atoms with Crippen molar-refractivity contribution in [1.29, 1.82) is 0 Å². The summed E-state index contributed by atoms with van der Waals surface area (Å²) in [5.41, 5.74) is 2.13. The van der Waals surface area contributed by atoms with Crippen LogP contribution < -0.4 is 5.32 Å². The van der Waals surface area contributed by atoms with E-state index in [0.29, 0.717) is 11.5 Å². The molecule has 2 heterocycles. The number of nitrogens with one attached hydrogen (secondary N) is 1. The lowest BCUT2D eigenvalue weighted by molar-refractivity contribution is -0.384. The number of aryl methyl sites for hydroxylation is 3. The largest absolute Gasteiger partial charge is 0.334 e. The molecule has 0 aliphatic carbocycles. The van der Waals surface area contributed by atoms with Crippen molar-refractivity contribution in [2.75, 3.05) is 5.32 Å². The van der Waals surface area contributed by atoms with Gasteiger partial charge in [-0.2, -0.15) is 10.2 Å². The van der Waals surface area contributed by atoms with Crippen molar-refractivity contribution in [3.8, 4) is 0 Å². The second kappa shape index (κ2) is 5.55. The van der Waals surface area contributed by atoms with Crippen LogP contribution in [0.15, 0.2) is 6.20 Å². The molecule has 2 rings (SSSR count). The van der Waals surface area contributed by atoms with Gasteiger partial charge in [-0.1, -0.05) is 20.8 Å². The van der Waals surface area contributed by atoms with E-state index in [1.165, 1.54) is 4.68 Å². The van der Waals surface area contributed by atoms with Crippen LogP contribution >= 0.6 is 0 Å². The minimum absolute atomic E-state index is 0.0216. The first-order valence-electron chi connectivity index (χ1n) is 6.85. The molecule has 0 unspecified atom stereocenters. The van der Waals surface area contributed by atoms with Gasteiger partial charge in [-0.05, 0) is 6.42 Å². The summed E-state index contributed by atoms with van der Waals surface area (Å²) in [6.07, 6.45) is 2.55. The van der Waals surface area contributed by atoms with Gasteiger partial charge >= 0.3 is 5.69 Å². The Balaban J connectivity index is 2.51. The standard InChI is InChI=1S/C13H20N6O2/c1-6-9-10(7-17(4)15-9)14-13-12(19(20)21)11(8(2)3)16-18(13)5/h7-8,14H,6H2,1-5H3. The summed E-state index contributed by atoms with van der Waals surface area (Å²) in [5, 5.41) is 23.1. The van der Waals surface area contributed by atoms with E-state index >= 15 is 0 Å². The van der Waals surface area contributed by atoms with E-state index in [9.17, 15) is 10.1 Å². The third-order valence-electron chi connectivity index (χ3n) is 3.27. The third-order valence-corrected chi connectivity index (χ3v) is 3.27. The highest BCUT2D eigenvalue weighted by atomic mass is 16.6. The minimum Gasteiger partial charge on any atom is -0.332 e. The summed E-state index contributed by atoms with van der Waals surface area (Å²) in [5.74, 6) is 0.359. The monoisotopic (exact) mass is 292 g/mol. The molecular weight excluding hydrogens is 272 g/mol. The normalized spacial score (nSPS) is 11.1. The molecule has 0 bridgehead atoms. The van der Waals surface area contributed by atoms with Gasteiger partial charge in [-0.3, -0.25) is 14.8 Å². The van der Waals surface area contributed by atoms with Crippen LogP contribution in [-0.2, 0) is 20.5 Å². The third kappa shape index (κ3) is 2.74. The maximum atomic E-state index is 11.4. The molecule has 0 fully saturated rings. The molecule has 1 N–H and O–H groups in total. The zero-order valence-electron chi connectivity index (χ0n) is 12.9. The van der Waals surface area contributed by atoms with E-state index in [1.807, 2.05) is 34.0 Å². The number of anilines is 2. The summed E-state index contributed by atoms with van der Waals surface area (Å²) < 4.78 is 3.20. The van der Waals surface area contributed by atoms with Crippen LogP contribution in [0.1, 0.15) is 38.1 Å². The fourth-order valence-corrected chi connectivity index (χ4v) is 2.27. The molecule has 0 spiro atoms. The van der Waals surface area contributed by atoms with Crippen molar-refractivity contribution in [2.45, 2.75) is 33.1 Å². The van der Waals surface area contributed by atoms with Crippen LogP contribution in [0.4, 0.5) is 17.2 Å². The quantitative estimate of drug-likeness (QED) is 0.675. The van der Waals surface area contributed by atoms with Crippen molar-refractivity contribution in [3.05, 3.63) is 27.7 Å². The highest BCUT2D eigenvalue weighted by molar-refractivity contribution is 5.69. The number of hydrogen-bond acceptors (Lipinski definition) is 5. The van der Waals surface area contributed by atoms with E-state index in [4.69, 9.17) is 0 Å². The Morgan fingerprint density at radius 1 is 1.38 bits per heavy atom. The van der Waals surface area contributed by atoms with Crippen LogP contribution in [0.25, 0.3) is 0 Å². The second-order valence-corrected chi connectivity index (χ2v) is 5.26. The molecule has 0 saturated heterocycles. The zero-order valence-corrected chi connectivity index (χ0v) is 12.9. The molecule has 8 nitrogen and oxygen atoms in total. The lowest BCUT2D eigenvalue weighted by atomic mass is 10.1. The van der Waals surface area contributed by atoms with Crippen LogP contribution in [0.3, 0.4) is 0 Å². The van der Waals surface area contributed by atoms with Crippen LogP contribution in [-0.4, -0.2) is 24.5 Å². The Morgan fingerprint density at radius 3 is 2.57 bits per heavy atom. The van der Waals surface area contributed by atoms with Gasteiger partial charge in [0.2, 0.25) is 5.82 Å². The Labute approximate surface area is 122 Å². The molecular formula is C13H20N6O2. The minimum atomic E-state index is -0.382. The number of nitrogens with zero attached hydrogens (tertiary/aromatic N) is 5. The highest BCUT2D eigenvalue weighted by Crippen LogP contribution is 2.35. The number of hydrogen-bond donors (Lipinski definition) is 1. The van der Waals surface area contributed by atoms with E-state index in [2.05, 4.69) is 15.5 Å².